The van der Waals surface area contributed by atoms with Gasteiger partial charge in [0.2, 0.25) is 0 Å². The summed E-state index contributed by atoms with van der Waals surface area (Å²) in [6.07, 6.45) is 2.16. The van der Waals surface area contributed by atoms with Gasteiger partial charge in [0, 0.05) is 43.4 Å². The Morgan fingerprint density at radius 2 is 1.72 bits per heavy atom. The maximum atomic E-state index is 13.7. The van der Waals surface area contributed by atoms with Crippen molar-refractivity contribution in [2.45, 2.75) is 25.9 Å². The molecule has 0 radical (unpaired) electrons. The van der Waals surface area contributed by atoms with Gasteiger partial charge in [0.25, 0.3) is 5.91 Å². The average Bonchev–Trinajstić information content (AvgIpc) is 3.12. The smallest absolute Gasteiger partial charge is 0.253 e. The predicted octanol–water partition coefficient (Wildman–Crippen LogP) is 3.83. The van der Waals surface area contributed by atoms with E-state index in [0.29, 0.717) is 24.2 Å². The Morgan fingerprint density at radius 3 is 2.36 bits per heavy atom. The molecule has 0 saturated carbocycles. The highest BCUT2D eigenvalue weighted by molar-refractivity contribution is 5.94. The molecule has 1 saturated heterocycles. The minimum absolute atomic E-state index is 0.0887. The van der Waals surface area contributed by atoms with Crippen LogP contribution in [0.2, 0.25) is 0 Å². The van der Waals surface area contributed by atoms with E-state index in [0.717, 1.165) is 37.6 Å². The molecule has 3 rings (SSSR count). The predicted molar refractivity (Wildman–Crippen MR) is 93.1 cm³/mol. The van der Waals surface area contributed by atoms with Gasteiger partial charge in [-0.2, -0.15) is 0 Å². The molecule has 25 heavy (non-hydrogen) atoms. The fourth-order valence-electron chi connectivity index (χ4n) is 3.16. The zero-order valence-corrected chi connectivity index (χ0v) is 14.3. The molecule has 5 heteroatoms. The zero-order valence-electron chi connectivity index (χ0n) is 14.3. The first-order chi connectivity index (χ1) is 12.0. The van der Waals surface area contributed by atoms with Crippen molar-refractivity contribution < 1.29 is 13.6 Å². The van der Waals surface area contributed by atoms with Gasteiger partial charge in [0.05, 0.1) is 0 Å². The van der Waals surface area contributed by atoms with Crippen molar-refractivity contribution in [3.8, 4) is 0 Å². The van der Waals surface area contributed by atoms with Gasteiger partial charge in [0.15, 0.2) is 0 Å². The van der Waals surface area contributed by atoms with Gasteiger partial charge in [-0.1, -0.05) is 18.2 Å². The van der Waals surface area contributed by atoms with Crippen LogP contribution in [0, 0.1) is 11.6 Å². The van der Waals surface area contributed by atoms with Crippen LogP contribution in [0.5, 0.6) is 0 Å². The van der Waals surface area contributed by atoms with Crippen LogP contribution < -0.4 is 0 Å². The fourth-order valence-corrected chi connectivity index (χ4v) is 3.16. The number of rotatable bonds is 5. The third-order valence-electron chi connectivity index (χ3n) is 4.50. The molecule has 1 fully saturated rings. The summed E-state index contributed by atoms with van der Waals surface area (Å²) in [4.78, 5) is 16.2. The highest BCUT2D eigenvalue weighted by atomic mass is 19.1. The molecule has 0 aromatic heterocycles. The number of halogens is 2. The Kier molecular flexibility index (Phi) is 5.43. The van der Waals surface area contributed by atoms with Gasteiger partial charge >= 0.3 is 0 Å². The molecular weight excluding hydrogens is 322 g/mol. The van der Waals surface area contributed by atoms with Crippen LogP contribution in [0.15, 0.2) is 42.5 Å². The van der Waals surface area contributed by atoms with Crippen LogP contribution in [-0.4, -0.2) is 35.8 Å². The molecule has 2 aromatic rings. The Labute approximate surface area is 146 Å². The van der Waals surface area contributed by atoms with E-state index in [1.54, 1.807) is 0 Å². The van der Waals surface area contributed by atoms with Crippen LogP contribution in [0.25, 0.3) is 0 Å². The van der Waals surface area contributed by atoms with Crippen molar-refractivity contribution in [1.29, 1.82) is 0 Å². The first-order valence-corrected chi connectivity index (χ1v) is 8.53. The lowest BCUT2D eigenvalue weighted by molar-refractivity contribution is 0.0793. The molecular formula is C20H22F2N2O. The Hall–Kier alpha value is -2.27. The minimum atomic E-state index is -0.567. The largest absolute Gasteiger partial charge is 0.339 e. The van der Waals surface area contributed by atoms with Crippen molar-refractivity contribution in [3.05, 3.63) is 70.8 Å². The van der Waals surface area contributed by atoms with Crippen LogP contribution >= 0.6 is 0 Å². The highest BCUT2D eigenvalue weighted by Crippen LogP contribution is 2.16. The second kappa shape index (κ2) is 7.74. The summed E-state index contributed by atoms with van der Waals surface area (Å²) in [5.41, 5.74) is 2.21. The molecule has 132 valence electrons. The molecule has 1 amide bonds. The number of amides is 1. The van der Waals surface area contributed by atoms with E-state index in [1.807, 2.05) is 41.1 Å². The molecule has 2 aromatic carbocycles. The second-order valence-electron chi connectivity index (χ2n) is 6.60. The summed E-state index contributed by atoms with van der Waals surface area (Å²) in [5, 5.41) is 0. The number of nitrogens with zero attached hydrogens (tertiary/aromatic N) is 2. The maximum absolute atomic E-state index is 13.7. The van der Waals surface area contributed by atoms with Crippen LogP contribution in [0.1, 0.15) is 34.3 Å². The standard InChI is InChI=1S/C20H22F2N2O/c1-23(14-17-8-9-18(21)12-19(17)22)13-15-4-6-16(7-5-15)20(25)24-10-2-3-11-24/h4-9,12H,2-3,10-11,13-14H2,1H3. The normalized spacial score (nSPS) is 14.3. The topological polar surface area (TPSA) is 23.6 Å². The summed E-state index contributed by atoms with van der Waals surface area (Å²) in [6, 6.07) is 11.2. The van der Waals surface area contributed by atoms with E-state index >= 15 is 0 Å². The second-order valence-corrected chi connectivity index (χ2v) is 6.60. The first-order valence-electron chi connectivity index (χ1n) is 8.53. The third kappa shape index (κ3) is 4.42. The molecule has 0 bridgehead atoms. The van der Waals surface area contributed by atoms with E-state index < -0.39 is 11.6 Å². The third-order valence-corrected chi connectivity index (χ3v) is 4.50. The number of hydrogen-bond donors (Lipinski definition) is 0. The van der Waals surface area contributed by atoms with Crippen LogP contribution in [0.4, 0.5) is 8.78 Å². The Balaban J connectivity index is 1.59. The van der Waals surface area contributed by atoms with E-state index in [1.165, 1.54) is 12.1 Å². The minimum Gasteiger partial charge on any atom is -0.339 e. The van der Waals surface area contributed by atoms with Gasteiger partial charge < -0.3 is 4.90 Å². The van der Waals surface area contributed by atoms with Crippen molar-refractivity contribution >= 4 is 5.91 Å². The molecule has 1 aliphatic heterocycles. The highest BCUT2D eigenvalue weighted by Gasteiger charge is 2.19. The van der Waals surface area contributed by atoms with Gasteiger partial charge in [-0.15, -0.1) is 0 Å². The lowest BCUT2D eigenvalue weighted by atomic mass is 10.1. The molecule has 0 unspecified atom stereocenters. The summed E-state index contributed by atoms with van der Waals surface area (Å²) in [5.74, 6) is -1.01. The molecule has 3 nitrogen and oxygen atoms in total. The Bertz CT molecular complexity index is 740. The molecule has 0 atom stereocenters. The van der Waals surface area contributed by atoms with Crippen LogP contribution in [0.3, 0.4) is 0 Å². The monoisotopic (exact) mass is 344 g/mol. The van der Waals surface area contributed by atoms with Gasteiger partial charge in [-0.05, 0) is 43.7 Å². The van der Waals surface area contributed by atoms with E-state index in [9.17, 15) is 13.6 Å². The SMILES string of the molecule is CN(Cc1ccc(C(=O)N2CCCC2)cc1)Cc1ccc(F)cc1F. The summed E-state index contributed by atoms with van der Waals surface area (Å²) in [7, 11) is 1.88. The molecule has 0 N–H and O–H groups in total. The van der Waals surface area contributed by atoms with Gasteiger partial charge in [0.1, 0.15) is 11.6 Å². The first kappa shape index (κ1) is 17.5. The summed E-state index contributed by atoms with van der Waals surface area (Å²) >= 11 is 0. The van der Waals surface area contributed by atoms with E-state index in [-0.39, 0.29) is 5.91 Å². The van der Waals surface area contributed by atoms with Crippen molar-refractivity contribution in [3.63, 3.8) is 0 Å². The maximum Gasteiger partial charge on any atom is 0.253 e. The number of benzene rings is 2. The van der Waals surface area contributed by atoms with Crippen molar-refractivity contribution in [1.82, 2.24) is 9.80 Å². The lowest BCUT2D eigenvalue weighted by Crippen LogP contribution is -2.27. The van der Waals surface area contributed by atoms with Gasteiger partial charge in [-0.3, -0.25) is 9.69 Å². The number of likely N-dealkylation sites (tertiary alicyclic amines) is 1. The quantitative estimate of drug-likeness (QED) is 0.823. The van der Waals surface area contributed by atoms with Crippen molar-refractivity contribution in [2.75, 3.05) is 20.1 Å². The fraction of sp³-hybridized carbons (Fsp3) is 0.350. The summed E-state index contributed by atoms with van der Waals surface area (Å²) < 4.78 is 26.7. The van der Waals surface area contributed by atoms with Gasteiger partial charge in [-0.25, -0.2) is 8.78 Å². The average molecular weight is 344 g/mol. The van der Waals surface area contributed by atoms with E-state index in [2.05, 4.69) is 0 Å². The zero-order chi connectivity index (χ0) is 17.8. The summed E-state index contributed by atoms with van der Waals surface area (Å²) in [6.45, 7) is 2.69. The van der Waals surface area contributed by atoms with Crippen molar-refractivity contribution in [2.24, 2.45) is 0 Å². The molecule has 1 heterocycles. The number of hydrogen-bond acceptors (Lipinski definition) is 2. The molecule has 1 aliphatic rings. The Morgan fingerprint density at radius 1 is 1.04 bits per heavy atom. The molecule has 0 aliphatic carbocycles. The lowest BCUT2D eigenvalue weighted by Gasteiger charge is -2.18. The molecule has 0 spiro atoms. The number of carbonyl (C=O) groups excluding carboxylic acids is 1. The van der Waals surface area contributed by atoms with Crippen LogP contribution in [-0.2, 0) is 13.1 Å². The number of carbonyl (C=O) groups is 1. The van der Waals surface area contributed by atoms with E-state index in [4.69, 9.17) is 0 Å².